The molecule has 0 saturated carbocycles. The van der Waals surface area contributed by atoms with Gasteiger partial charge in [-0.05, 0) is 111 Å². The van der Waals surface area contributed by atoms with Crippen LogP contribution in [0.15, 0.2) is 94.9 Å². The normalized spacial score (nSPS) is 13.3. The van der Waals surface area contributed by atoms with E-state index in [0.29, 0.717) is 75.2 Å². The van der Waals surface area contributed by atoms with Gasteiger partial charge in [0.05, 0.1) is 76.1 Å². The van der Waals surface area contributed by atoms with Crippen molar-refractivity contribution in [1.82, 2.24) is 20.4 Å². The standard InChI is InChI=1S/C27H31Cl2N3O5.C26H29Cl2N3O5.Li.2H2O.2H2S/c1-32-15-14-30-22(26(32)34)9-4-3-5-16-37-19-12-10-18(11-13-19)17-23(27(35)36-2)31-25(33)24-20(28)7-6-8-21(24)29;1-31-14-13-29-21(25(31)33)8-3-2-4-15-36-18-11-9-17(10-12-18)16-22(26(34)35)30-24(32)23-19(27)6-5-7-20(23)28;;;;;/h6-8,10-13,23H,3-5,9,14-17H2,1-2H3,(H,31,33);5-7,9-12,22H,2-4,8,13-16H2,1H3,(H,30,32)(H,34,35);;4*1H2/q;;+1;;;;/p-1/t23-;22-;;;;;/m00...../s1. The molecule has 6 rings (SSSR count). The number of unbranched alkanes of at least 4 members (excludes halogenated alkanes) is 4. The maximum absolute atomic E-state index is 12.7. The van der Waals surface area contributed by atoms with E-state index >= 15 is 0 Å². The van der Waals surface area contributed by atoms with Gasteiger partial charge in [0.2, 0.25) is 0 Å². The van der Waals surface area contributed by atoms with Gasteiger partial charge in [-0.15, -0.1) is 0 Å². The summed E-state index contributed by atoms with van der Waals surface area (Å²) in [7, 11) is 4.86. The summed E-state index contributed by atoms with van der Waals surface area (Å²) in [6, 6.07) is 21.7. The van der Waals surface area contributed by atoms with Gasteiger partial charge in [-0.25, -0.2) is 9.59 Å². The summed E-state index contributed by atoms with van der Waals surface area (Å²) in [5.41, 5.74) is 3.02. The number of halogens is 4. The van der Waals surface area contributed by atoms with Gasteiger partial charge in [-0.1, -0.05) is 82.8 Å². The van der Waals surface area contributed by atoms with Gasteiger partial charge < -0.3 is 50.7 Å². The molecule has 2 heterocycles. The van der Waals surface area contributed by atoms with E-state index in [9.17, 15) is 33.9 Å². The smallest absolute Gasteiger partial charge is 0.870 e. The van der Waals surface area contributed by atoms with E-state index in [2.05, 4.69) is 20.6 Å². The summed E-state index contributed by atoms with van der Waals surface area (Å²) in [4.78, 5) is 85.5. The van der Waals surface area contributed by atoms with Crippen LogP contribution in [0.5, 0.6) is 11.5 Å². The van der Waals surface area contributed by atoms with E-state index in [4.69, 9.17) is 60.6 Å². The minimum Gasteiger partial charge on any atom is -0.870 e. The van der Waals surface area contributed by atoms with Crippen molar-refractivity contribution >= 4 is 120 Å². The van der Waals surface area contributed by atoms with E-state index in [0.717, 1.165) is 49.7 Å². The second-order valence-corrected chi connectivity index (χ2v) is 18.9. The number of carboxylic acid groups (broad SMARTS) is 1. The molecular formula is C53H67Cl4LiN6O12S2. The molecule has 4 amide bonds. The molecule has 422 valence electrons. The Kier molecular flexibility index (Phi) is 35.4. The number of hydrogen-bond donors (Lipinski definition) is 3. The number of carboxylic acids is 1. The van der Waals surface area contributed by atoms with Crippen LogP contribution in [-0.2, 0) is 36.8 Å². The molecule has 2 atom stereocenters. The van der Waals surface area contributed by atoms with Crippen molar-refractivity contribution in [3.63, 3.8) is 0 Å². The number of amides is 4. The zero-order valence-electron chi connectivity index (χ0n) is 43.9. The molecule has 0 aliphatic carbocycles. The number of nitrogens with one attached hydrogen (secondary N) is 2. The Morgan fingerprint density at radius 3 is 1.32 bits per heavy atom. The number of ether oxygens (including phenoxy) is 3. The SMILES string of the molecule is CN1CCN=C(CCCCCOc2ccc(C[C@H](NC(=O)c3c(Cl)cccc3Cl)C(=O)O)cc2)C1=O.COC(=O)[C@H](Cc1ccc(OCCCCCC2=NCCN(C)C2=O)cc1)NC(=O)c1c(Cl)cccc1Cl.O.S.S.[Li+].[OH-]. The third-order valence-corrected chi connectivity index (χ3v) is 13.1. The molecule has 0 radical (unpaired) electrons. The second-order valence-electron chi connectivity index (χ2n) is 17.2. The van der Waals surface area contributed by atoms with Crippen LogP contribution in [0.3, 0.4) is 0 Å². The molecular weight excluding hydrogens is 1130 g/mol. The molecule has 0 fully saturated rings. The number of carbonyl (C=O) groups excluding carboxylic acids is 5. The number of hydrogen-bond acceptors (Lipinski definition) is 12. The van der Waals surface area contributed by atoms with E-state index < -0.39 is 35.8 Å². The molecule has 18 nitrogen and oxygen atoms in total. The molecule has 0 unspecified atom stereocenters. The Bertz CT molecular complexity index is 2600. The first-order chi connectivity index (χ1) is 35.1. The van der Waals surface area contributed by atoms with Crippen molar-refractivity contribution in [2.45, 2.75) is 76.3 Å². The minimum absolute atomic E-state index is 0. The van der Waals surface area contributed by atoms with Crippen molar-refractivity contribution in [1.29, 1.82) is 0 Å². The zero-order chi connectivity index (χ0) is 52.9. The summed E-state index contributed by atoms with van der Waals surface area (Å²) in [5, 5.41) is 15.4. The summed E-state index contributed by atoms with van der Waals surface area (Å²) < 4.78 is 16.5. The number of esters is 1. The Hall–Kier alpha value is -4.98. The van der Waals surface area contributed by atoms with Crippen LogP contribution < -0.4 is 39.0 Å². The van der Waals surface area contributed by atoms with Gasteiger partial charge in [0.25, 0.3) is 23.6 Å². The largest absolute Gasteiger partial charge is 1.00 e. The first kappa shape index (κ1) is 73.0. The third-order valence-electron chi connectivity index (χ3n) is 11.8. The number of benzene rings is 4. The molecule has 4 aromatic carbocycles. The van der Waals surface area contributed by atoms with Crippen LogP contribution >= 0.6 is 73.4 Å². The molecule has 25 heteroatoms. The first-order valence-electron chi connectivity index (χ1n) is 23.9. The topological polar surface area (TPSA) is 267 Å². The van der Waals surface area contributed by atoms with E-state index in [1.54, 1.807) is 72.4 Å². The van der Waals surface area contributed by atoms with Crippen molar-refractivity contribution < 1.29 is 77.9 Å². The summed E-state index contributed by atoms with van der Waals surface area (Å²) in [6.45, 7) is 3.80. The van der Waals surface area contributed by atoms with Crippen LogP contribution in [0.2, 0.25) is 20.1 Å². The molecule has 2 aliphatic rings. The molecule has 0 saturated heterocycles. The Balaban J connectivity index is 0.00000143. The number of aliphatic imine (C=N–C) groups is 2. The molecule has 0 aromatic heterocycles. The van der Waals surface area contributed by atoms with Gasteiger partial charge in [0, 0.05) is 40.0 Å². The van der Waals surface area contributed by atoms with Crippen LogP contribution in [0.25, 0.3) is 0 Å². The van der Waals surface area contributed by atoms with Crippen LogP contribution in [0.4, 0.5) is 0 Å². The molecule has 4 aromatic rings. The Labute approximate surface area is 501 Å². The van der Waals surface area contributed by atoms with E-state index in [-0.39, 0.29) is 113 Å². The average molecular weight is 1190 g/mol. The summed E-state index contributed by atoms with van der Waals surface area (Å²) in [5.74, 6) is -1.52. The van der Waals surface area contributed by atoms with Crippen molar-refractivity contribution in [3.05, 3.63) is 127 Å². The monoisotopic (exact) mass is 1190 g/mol. The summed E-state index contributed by atoms with van der Waals surface area (Å²) in [6.07, 6.45) is 7.01. The number of rotatable bonds is 24. The predicted molar refractivity (Wildman–Crippen MR) is 309 cm³/mol. The number of methoxy groups -OCH3 is 1. The Morgan fingerprint density at radius 2 is 0.962 bits per heavy atom. The van der Waals surface area contributed by atoms with Crippen LogP contribution in [-0.4, -0.2) is 146 Å². The van der Waals surface area contributed by atoms with Gasteiger partial charge in [0.15, 0.2) is 0 Å². The molecule has 0 spiro atoms. The number of nitrogens with zero attached hydrogens (tertiary/aromatic N) is 4. The van der Waals surface area contributed by atoms with E-state index in [1.807, 2.05) is 24.3 Å². The third kappa shape index (κ3) is 23.0. The van der Waals surface area contributed by atoms with Crippen molar-refractivity contribution in [3.8, 4) is 11.5 Å². The number of aliphatic carboxylic acids is 1. The van der Waals surface area contributed by atoms with Crippen molar-refractivity contribution in [2.75, 3.05) is 60.6 Å². The van der Waals surface area contributed by atoms with Gasteiger partial charge in [-0.2, -0.15) is 27.0 Å². The molecule has 6 N–H and O–H groups in total. The van der Waals surface area contributed by atoms with Gasteiger partial charge in [0.1, 0.15) is 23.6 Å². The Morgan fingerprint density at radius 1 is 0.603 bits per heavy atom. The summed E-state index contributed by atoms with van der Waals surface area (Å²) >= 11 is 24.3. The minimum atomic E-state index is -1.17. The van der Waals surface area contributed by atoms with Crippen LogP contribution in [0, 0.1) is 0 Å². The fourth-order valence-corrected chi connectivity index (χ4v) is 8.82. The van der Waals surface area contributed by atoms with Crippen molar-refractivity contribution in [2.24, 2.45) is 9.98 Å². The fourth-order valence-electron chi connectivity index (χ4n) is 7.68. The number of carbonyl (C=O) groups is 6. The van der Waals surface area contributed by atoms with Gasteiger partial charge in [-0.3, -0.25) is 29.2 Å². The van der Waals surface area contributed by atoms with Crippen LogP contribution in [0.1, 0.15) is 83.2 Å². The average Bonchev–Trinajstić information content (AvgIpc) is 3.36. The molecule has 2 aliphatic heterocycles. The quantitative estimate of drug-likeness (QED) is 0.0485. The van der Waals surface area contributed by atoms with E-state index in [1.165, 1.54) is 19.2 Å². The predicted octanol–water partition coefficient (Wildman–Crippen LogP) is 4.86. The second kappa shape index (κ2) is 37.8. The zero-order valence-corrected chi connectivity index (χ0v) is 48.9. The molecule has 0 bridgehead atoms. The first-order valence-corrected chi connectivity index (χ1v) is 25.4. The fraction of sp³-hybridized carbons (Fsp3) is 0.396. The maximum Gasteiger partial charge on any atom is 1.00 e. The number of likely N-dealkylation sites (N-methyl/N-ethyl adjacent to an activating group) is 2. The maximum atomic E-state index is 12.7. The molecule has 78 heavy (non-hydrogen) atoms. The van der Waals surface area contributed by atoms with Gasteiger partial charge >= 0.3 is 30.8 Å².